The van der Waals surface area contributed by atoms with Gasteiger partial charge in [-0.2, -0.15) is 0 Å². The van der Waals surface area contributed by atoms with Gasteiger partial charge >= 0.3 is 5.97 Å². The lowest BCUT2D eigenvalue weighted by molar-refractivity contribution is -0.105. The van der Waals surface area contributed by atoms with Gasteiger partial charge in [0.15, 0.2) is 0 Å². The van der Waals surface area contributed by atoms with E-state index < -0.39 is 5.97 Å². The lowest BCUT2D eigenvalue weighted by atomic mass is 10.1. The summed E-state index contributed by atoms with van der Waals surface area (Å²) in [6, 6.07) is 4.09. The van der Waals surface area contributed by atoms with Gasteiger partial charge in [-0.05, 0) is 44.5 Å². The summed E-state index contributed by atoms with van der Waals surface area (Å²) in [5.74, 6) is -1.19. The number of carboxylic acid groups (broad SMARTS) is 1. The zero-order valence-corrected chi connectivity index (χ0v) is 13.5. The van der Waals surface area contributed by atoms with E-state index in [-0.39, 0.29) is 5.82 Å². The van der Waals surface area contributed by atoms with E-state index in [0.717, 1.165) is 17.0 Å². The summed E-state index contributed by atoms with van der Waals surface area (Å²) in [7, 11) is 1.66. The van der Waals surface area contributed by atoms with Gasteiger partial charge in [0, 0.05) is 18.4 Å². The quantitative estimate of drug-likeness (QED) is 0.651. The predicted octanol–water partition coefficient (Wildman–Crippen LogP) is 3.07. The van der Waals surface area contributed by atoms with Crippen molar-refractivity contribution in [3.8, 4) is 0 Å². The number of amides is 1. The summed E-state index contributed by atoms with van der Waals surface area (Å²) in [6.07, 6.45) is 0.550. The number of benzene rings is 1. The highest BCUT2D eigenvalue weighted by Gasteiger charge is 2.14. The highest BCUT2D eigenvalue weighted by atomic mass is 19.1. The van der Waals surface area contributed by atoms with Gasteiger partial charge in [-0.25, -0.2) is 9.18 Å². The molecular formula is C16H20FN3O3. The Morgan fingerprint density at radius 1 is 1.22 bits per heavy atom. The monoisotopic (exact) mass is 321 g/mol. The van der Waals surface area contributed by atoms with Crippen LogP contribution in [0.5, 0.6) is 0 Å². The van der Waals surface area contributed by atoms with Gasteiger partial charge in [0.1, 0.15) is 5.82 Å². The maximum atomic E-state index is 12.6. The zero-order chi connectivity index (χ0) is 17.6. The Morgan fingerprint density at radius 3 is 2.26 bits per heavy atom. The Morgan fingerprint density at radius 2 is 1.87 bits per heavy atom. The molecule has 0 radical (unpaired) electrons. The Labute approximate surface area is 133 Å². The Kier molecular flexibility index (Phi) is 6.32. The highest BCUT2D eigenvalue weighted by molar-refractivity contribution is 5.91. The Balaban J connectivity index is 0.000000231. The SMILES string of the molecule is CNc1cc(F)ccc1NC=O.Cc1[nH]c(C)c(C(=O)O)c1C. The van der Waals surface area contributed by atoms with E-state index in [2.05, 4.69) is 15.6 Å². The number of carboxylic acids is 1. The second-order valence-electron chi connectivity index (χ2n) is 4.88. The number of aryl methyl sites for hydroxylation is 2. The average molecular weight is 321 g/mol. The summed E-state index contributed by atoms with van der Waals surface area (Å²) >= 11 is 0. The van der Waals surface area contributed by atoms with Crippen LogP contribution in [0.15, 0.2) is 18.2 Å². The van der Waals surface area contributed by atoms with Crippen LogP contribution in [0.2, 0.25) is 0 Å². The van der Waals surface area contributed by atoms with Crippen molar-refractivity contribution in [1.82, 2.24) is 4.98 Å². The number of hydrogen-bond donors (Lipinski definition) is 4. The summed E-state index contributed by atoms with van der Waals surface area (Å²) in [5.41, 5.74) is 4.01. The van der Waals surface area contributed by atoms with Crippen molar-refractivity contribution < 1.29 is 19.1 Å². The molecule has 7 heteroatoms. The van der Waals surface area contributed by atoms with E-state index in [0.29, 0.717) is 23.3 Å². The number of rotatable bonds is 4. The number of aromatic amines is 1. The van der Waals surface area contributed by atoms with Crippen LogP contribution in [0.4, 0.5) is 15.8 Å². The van der Waals surface area contributed by atoms with Crippen LogP contribution in [0.3, 0.4) is 0 Å². The van der Waals surface area contributed by atoms with Gasteiger partial charge in [-0.3, -0.25) is 4.79 Å². The van der Waals surface area contributed by atoms with Gasteiger partial charge < -0.3 is 20.7 Å². The smallest absolute Gasteiger partial charge is 0.337 e. The van der Waals surface area contributed by atoms with Crippen molar-refractivity contribution in [3.05, 3.63) is 46.5 Å². The minimum absolute atomic E-state index is 0.337. The van der Waals surface area contributed by atoms with Crippen LogP contribution in [0.25, 0.3) is 0 Å². The first kappa shape index (κ1) is 18.2. The fourth-order valence-corrected chi connectivity index (χ4v) is 2.14. The number of H-pyrrole nitrogens is 1. The molecule has 1 heterocycles. The Hall–Kier alpha value is -2.83. The fourth-order valence-electron chi connectivity index (χ4n) is 2.14. The summed E-state index contributed by atoms with van der Waals surface area (Å²) in [4.78, 5) is 23.7. The molecular weight excluding hydrogens is 301 g/mol. The van der Waals surface area contributed by atoms with Crippen molar-refractivity contribution in [2.45, 2.75) is 20.8 Å². The number of nitrogens with one attached hydrogen (secondary N) is 3. The molecule has 0 spiro atoms. The number of anilines is 2. The van der Waals surface area contributed by atoms with Gasteiger partial charge in [-0.1, -0.05) is 0 Å². The fraction of sp³-hybridized carbons (Fsp3) is 0.250. The highest BCUT2D eigenvalue weighted by Crippen LogP contribution is 2.21. The molecule has 1 aromatic heterocycles. The van der Waals surface area contributed by atoms with Crippen molar-refractivity contribution >= 4 is 23.8 Å². The number of aromatic nitrogens is 1. The normalized spacial score (nSPS) is 9.61. The third-order valence-electron chi connectivity index (χ3n) is 3.37. The van der Waals surface area contributed by atoms with E-state index in [4.69, 9.17) is 5.11 Å². The summed E-state index contributed by atoms with van der Waals surface area (Å²) in [5, 5.41) is 13.9. The molecule has 2 aromatic rings. The number of hydrogen-bond acceptors (Lipinski definition) is 3. The van der Waals surface area contributed by atoms with Crippen LogP contribution in [-0.2, 0) is 4.79 Å². The molecule has 0 fully saturated rings. The molecule has 4 N–H and O–H groups in total. The van der Waals surface area contributed by atoms with Crippen LogP contribution in [0, 0.1) is 26.6 Å². The van der Waals surface area contributed by atoms with E-state index >= 15 is 0 Å². The maximum absolute atomic E-state index is 12.6. The molecule has 0 atom stereocenters. The van der Waals surface area contributed by atoms with Crippen molar-refractivity contribution in [1.29, 1.82) is 0 Å². The second-order valence-corrected chi connectivity index (χ2v) is 4.88. The average Bonchev–Trinajstić information content (AvgIpc) is 2.74. The molecule has 2 rings (SSSR count). The molecule has 0 aliphatic heterocycles. The predicted molar refractivity (Wildman–Crippen MR) is 87.6 cm³/mol. The molecule has 1 amide bonds. The third kappa shape index (κ3) is 4.57. The van der Waals surface area contributed by atoms with Crippen LogP contribution < -0.4 is 10.6 Å². The first-order chi connectivity index (χ1) is 10.8. The molecule has 0 bridgehead atoms. The number of carbonyl (C=O) groups is 2. The maximum Gasteiger partial charge on any atom is 0.337 e. The summed E-state index contributed by atoms with van der Waals surface area (Å²) < 4.78 is 12.6. The van der Waals surface area contributed by atoms with Crippen LogP contribution >= 0.6 is 0 Å². The molecule has 0 saturated carbocycles. The first-order valence-corrected chi connectivity index (χ1v) is 6.88. The van der Waals surface area contributed by atoms with E-state index in [1.165, 1.54) is 18.2 Å². The summed E-state index contributed by atoms with van der Waals surface area (Å²) in [6.45, 7) is 5.44. The Bertz CT molecular complexity index is 711. The third-order valence-corrected chi connectivity index (χ3v) is 3.37. The number of carbonyl (C=O) groups excluding carboxylic acids is 1. The molecule has 1 aromatic carbocycles. The lowest BCUT2D eigenvalue weighted by Gasteiger charge is -2.06. The number of halogens is 1. The largest absolute Gasteiger partial charge is 0.478 e. The van der Waals surface area contributed by atoms with E-state index in [1.807, 2.05) is 13.8 Å². The topological polar surface area (TPSA) is 94.2 Å². The van der Waals surface area contributed by atoms with E-state index in [1.54, 1.807) is 14.0 Å². The standard InChI is InChI=1S/C8H9FN2O.C8H11NO2/c1-10-8-4-6(9)2-3-7(8)11-5-12;1-4-5(2)9-6(3)7(4)8(10)11/h2-5,10H,1H3,(H,11,12);9H,1-3H3,(H,10,11). The first-order valence-electron chi connectivity index (χ1n) is 6.88. The molecule has 0 unspecified atom stereocenters. The molecule has 0 saturated heterocycles. The lowest BCUT2D eigenvalue weighted by Crippen LogP contribution is -1.99. The molecule has 0 aliphatic rings. The van der Waals surface area contributed by atoms with Crippen molar-refractivity contribution in [3.63, 3.8) is 0 Å². The minimum Gasteiger partial charge on any atom is -0.478 e. The van der Waals surface area contributed by atoms with Crippen LogP contribution in [-0.4, -0.2) is 29.5 Å². The minimum atomic E-state index is -0.857. The van der Waals surface area contributed by atoms with Crippen LogP contribution in [0.1, 0.15) is 27.3 Å². The second kappa shape index (κ2) is 7.98. The molecule has 23 heavy (non-hydrogen) atoms. The van der Waals surface area contributed by atoms with Gasteiger partial charge in [-0.15, -0.1) is 0 Å². The molecule has 0 aliphatic carbocycles. The van der Waals surface area contributed by atoms with Gasteiger partial charge in [0.05, 0.1) is 16.9 Å². The zero-order valence-electron chi connectivity index (χ0n) is 13.5. The van der Waals surface area contributed by atoms with Gasteiger partial charge in [0.25, 0.3) is 0 Å². The van der Waals surface area contributed by atoms with Crippen molar-refractivity contribution in [2.75, 3.05) is 17.7 Å². The van der Waals surface area contributed by atoms with E-state index in [9.17, 15) is 14.0 Å². The molecule has 124 valence electrons. The van der Waals surface area contributed by atoms with Crippen molar-refractivity contribution in [2.24, 2.45) is 0 Å². The molecule has 6 nitrogen and oxygen atoms in total. The number of aromatic carboxylic acids is 1. The van der Waals surface area contributed by atoms with Gasteiger partial charge in [0.2, 0.25) is 6.41 Å².